The SMILES string of the molecule is CCCCCCCCCCCCCCCCNC(=O)c1cc(OCCC(=S)CC(=O)O)c2ccccc2c1O. The zero-order valence-corrected chi connectivity index (χ0v) is 24.5. The maximum absolute atomic E-state index is 12.9. The van der Waals surface area contributed by atoms with E-state index < -0.39 is 5.97 Å². The standard InChI is InChI=1S/C32H47NO5S/c1-2-3-4-5-6-7-8-9-10-11-12-13-14-17-21-33-32(37)28-24-29(38-22-20-25(39)23-30(34)35)26-18-15-16-19-27(26)31(28)36/h15-16,18-19,24,36H,2-14,17,20-23H2,1H3,(H,33,37)(H,34,35). The molecule has 0 unspecified atom stereocenters. The molecule has 216 valence electrons. The maximum atomic E-state index is 12.9. The van der Waals surface area contributed by atoms with E-state index in [9.17, 15) is 14.7 Å². The Morgan fingerprint density at radius 3 is 1.95 bits per heavy atom. The predicted molar refractivity (Wildman–Crippen MR) is 163 cm³/mol. The van der Waals surface area contributed by atoms with E-state index in [1.165, 1.54) is 77.0 Å². The third-order valence-electron chi connectivity index (χ3n) is 7.03. The number of phenols is 1. The number of amides is 1. The lowest BCUT2D eigenvalue weighted by Crippen LogP contribution is -2.24. The van der Waals surface area contributed by atoms with Crippen molar-refractivity contribution in [2.24, 2.45) is 0 Å². The molecule has 0 spiro atoms. The molecule has 0 bridgehead atoms. The maximum Gasteiger partial charge on any atom is 0.308 e. The minimum absolute atomic E-state index is 0.0715. The molecule has 0 aliphatic rings. The number of phenolic OH excluding ortho intramolecular Hbond substituents is 1. The van der Waals surface area contributed by atoms with Gasteiger partial charge < -0.3 is 20.3 Å². The Kier molecular flexibility index (Phi) is 16.2. The van der Waals surface area contributed by atoms with Gasteiger partial charge in [-0.05, 0) is 12.5 Å². The van der Waals surface area contributed by atoms with E-state index in [2.05, 4.69) is 12.2 Å². The number of rotatable bonds is 22. The van der Waals surface area contributed by atoms with E-state index in [0.717, 1.165) is 12.8 Å². The van der Waals surface area contributed by atoms with Crippen LogP contribution in [-0.4, -0.2) is 40.1 Å². The smallest absolute Gasteiger partial charge is 0.308 e. The van der Waals surface area contributed by atoms with Crippen LogP contribution in [0.2, 0.25) is 0 Å². The molecule has 2 aromatic rings. The molecule has 0 fully saturated rings. The summed E-state index contributed by atoms with van der Waals surface area (Å²) in [6, 6.07) is 8.74. The minimum Gasteiger partial charge on any atom is -0.506 e. The number of ether oxygens (including phenoxy) is 1. The van der Waals surface area contributed by atoms with Crippen molar-refractivity contribution < 1.29 is 24.5 Å². The summed E-state index contributed by atoms with van der Waals surface area (Å²) in [5, 5.41) is 23.8. The number of carbonyl (C=O) groups is 2. The lowest BCUT2D eigenvalue weighted by Gasteiger charge is -2.14. The Balaban J connectivity index is 1.70. The van der Waals surface area contributed by atoms with E-state index in [-0.39, 0.29) is 30.2 Å². The van der Waals surface area contributed by atoms with Crippen molar-refractivity contribution >= 4 is 39.7 Å². The van der Waals surface area contributed by atoms with Gasteiger partial charge in [0.05, 0.1) is 18.6 Å². The molecule has 3 N–H and O–H groups in total. The molecular weight excluding hydrogens is 510 g/mol. The molecule has 0 aromatic heterocycles. The number of aromatic hydroxyl groups is 1. The van der Waals surface area contributed by atoms with Crippen molar-refractivity contribution in [3.8, 4) is 11.5 Å². The molecule has 0 saturated heterocycles. The van der Waals surface area contributed by atoms with Gasteiger partial charge in [0.1, 0.15) is 11.5 Å². The van der Waals surface area contributed by atoms with Gasteiger partial charge in [-0.15, -0.1) is 0 Å². The second-order valence-corrected chi connectivity index (χ2v) is 11.0. The van der Waals surface area contributed by atoms with Crippen LogP contribution in [0, 0.1) is 0 Å². The molecule has 1 amide bonds. The van der Waals surface area contributed by atoms with E-state index >= 15 is 0 Å². The van der Waals surface area contributed by atoms with E-state index in [4.69, 9.17) is 22.1 Å². The zero-order valence-electron chi connectivity index (χ0n) is 23.6. The van der Waals surface area contributed by atoms with Gasteiger partial charge in [0.25, 0.3) is 5.91 Å². The van der Waals surface area contributed by atoms with Gasteiger partial charge in [-0.25, -0.2) is 0 Å². The molecule has 7 heteroatoms. The van der Waals surface area contributed by atoms with Gasteiger partial charge in [0.2, 0.25) is 0 Å². The molecule has 0 aliphatic carbocycles. The largest absolute Gasteiger partial charge is 0.506 e. The second-order valence-electron chi connectivity index (χ2n) is 10.4. The summed E-state index contributed by atoms with van der Waals surface area (Å²) in [6.45, 7) is 3.01. The summed E-state index contributed by atoms with van der Waals surface area (Å²) >= 11 is 5.09. The molecule has 0 aliphatic heterocycles. The average molecular weight is 558 g/mol. The van der Waals surface area contributed by atoms with Crippen LogP contribution in [0.1, 0.15) is 120 Å². The Hall–Kier alpha value is -2.67. The van der Waals surface area contributed by atoms with Crippen LogP contribution in [0.25, 0.3) is 10.8 Å². The molecule has 39 heavy (non-hydrogen) atoms. The van der Waals surface area contributed by atoms with Gasteiger partial charge in [0.15, 0.2) is 0 Å². The van der Waals surface area contributed by atoms with E-state index in [1.54, 1.807) is 18.2 Å². The van der Waals surface area contributed by atoms with E-state index in [1.807, 2.05) is 12.1 Å². The minimum atomic E-state index is -0.965. The van der Waals surface area contributed by atoms with Crippen molar-refractivity contribution in [1.82, 2.24) is 5.32 Å². The van der Waals surface area contributed by atoms with Gasteiger partial charge in [-0.3, -0.25) is 9.59 Å². The number of fused-ring (bicyclic) bond motifs is 1. The van der Waals surface area contributed by atoms with Crippen LogP contribution >= 0.6 is 12.2 Å². The highest BCUT2D eigenvalue weighted by Gasteiger charge is 2.18. The Bertz CT molecular complexity index is 1040. The highest BCUT2D eigenvalue weighted by molar-refractivity contribution is 7.80. The Morgan fingerprint density at radius 1 is 0.846 bits per heavy atom. The lowest BCUT2D eigenvalue weighted by molar-refractivity contribution is -0.135. The van der Waals surface area contributed by atoms with Crippen LogP contribution in [-0.2, 0) is 4.79 Å². The monoisotopic (exact) mass is 557 g/mol. The number of carbonyl (C=O) groups excluding carboxylic acids is 1. The number of carboxylic acids is 1. The van der Waals surface area contributed by atoms with Crippen molar-refractivity contribution in [2.75, 3.05) is 13.2 Å². The molecule has 0 radical (unpaired) electrons. The fourth-order valence-corrected chi connectivity index (χ4v) is 4.97. The fraction of sp³-hybridized carbons (Fsp3) is 0.594. The molecule has 0 saturated carbocycles. The quantitative estimate of drug-likeness (QED) is 0.0994. The molecular formula is C32H47NO5S. The van der Waals surface area contributed by atoms with Gasteiger partial charge in [0, 0.05) is 28.6 Å². The first-order chi connectivity index (χ1) is 18.9. The molecule has 2 aromatic carbocycles. The van der Waals surface area contributed by atoms with Gasteiger partial charge in [-0.2, -0.15) is 0 Å². The molecule has 6 nitrogen and oxygen atoms in total. The molecule has 0 atom stereocenters. The number of nitrogens with one attached hydrogen (secondary N) is 1. The second kappa shape index (κ2) is 19.4. The van der Waals surface area contributed by atoms with Crippen molar-refractivity contribution in [2.45, 2.75) is 110 Å². The summed E-state index contributed by atoms with van der Waals surface area (Å²) < 4.78 is 5.88. The van der Waals surface area contributed by atoms with Crippen molar-refractivity contribution in [1.29, 1.82) is 0 Å². The number of benzene rings is 2. The first-order valence-corrected chi connectivity index (χ1v) is 15.2. The highest BCUT2D eigenvalue weighted by atomic mass is 32.1. The van der Waals surface area contributed by atoms with Gasteiger partial charge in [-0.1, -0.05) is 127 Å². The Labute approximate surface area is 239 Å². The van der Waals surface area contributed by atoms with Crippen molar-refractivity contribution in [3.63, 3.8) is 0 Å². The number of aliphatic carboxylic acids is 1. The first-order valence-electron chi connectivity index (χ1n) is 14.8. The van der Waals surface area contributed by atoms with Crippen LogP contribution < -0.4 is 10.1 Å². The third-order valence-corrected chi connectivity index (χ3v) is 7.37. The molecule has 2 rings (SSSR count). The number of carboxylic acid groups (broad SMARTS) is 1. The summed E-state index contributed by atoms with van der Waals surface area (Å²) in [6.07, 6.45) is 18.1. The average Bonchev–Trinajstić information content (AvgIpc) is 2.91. The zero-order chi connectivity index (χ0) is 28.3. The van der Waals surface area contributed by atoms with Crippen LogP contribution in [0.15, 0.2) is 30.3 Å². The van der Waals surface area contributed by atoms with Crippen LogP contribution in [0.4, 0.5) is 0 Å². The van der Waals surface area contributed by atoms with Crippen molar-refractivity contribution in [3.05, 3.63) is 35.9 Å². The lowest BCUT2D eigenvalue weighted by atomic mass is 10.0. The number of thiocarbonyl (C=S) groups is 1. The normalized spacial score (nSPS) is 11.0. The fourth-order valence-electron chi connectivity index (χ4n) is 4.77. The highest BCUT2D eigenvalue weighted by Crippen LogP contribution is 2.36. The van der Waals surface area contributed by atoms with Gasteiger partial charge >= 0.3 is 5.97 Å². The van der Waals surface area contributed by atoms with E-state index in [0.29, 0.717) is 34.4 Å². The summed E-state index contributed by atoms with van der Waals surface area (Å²) in [5.41, 5.74) is 0.169. The van der Waals surface area contributed by atoms with Crippen LogP contribution in [0.5, 0.6) is 11.5 Å². The topological polar surface area (TPSA) is 95.9 Å². The van der Waals surface area contributed by atoms with Crippen LogP contribution in [0.3, 0.4) is 0 Å². The summed E-state index contributed by atoms with van der Waals surface area (Å²) in [5.74, 6) is -0.909. The number of hydrogen-bond acceptors (Lipinski definition) is 5. The number of hydrogen-bond donors (Lipinski definition) is 3. The first kappa shape index (κ1) is 32.5. The summed E-state index contributed by atoms with van der Waals surface area (Å²) in [4.78, 5) is 24.1. The molecule has 0 heterocycles. The summed E-state index contributed by atoms with van der Waals surface area (Å²) in [7, 11) is 0. The number of unbranched alkanes of at least 4 members (excludes halogenated alkanes) is 13. The third kappa shape index (κ3) is 12.8. The predicted octanol–water partition coefficient (Wildman–Crippen LogP) is 8.37. The Morgan fingerprint density at radius 2 is 1.38 bits per heavy atom.